The number of amides is 1. The van der Waals surface area contributed by atoms with E-state index in [2.05, 4.69) is 20.0 Å². The average molecular weight is 600 g/mol. The zero-order valence-corrected chi connectivity index (χ0v) is 22.5. The number of oxazole rings is 1. The standard InChI is InChI=1S/C23H22Cl2F2N4O4.2ClH/c1-11(28)20-19(21(32)30-7-14-15(24)8-29-9-16(14)25)31-22(35-20)13-4-5-17(34-23(26)27)18(6-13)33-10-12-2-3-12;;/h4-6,8-9,11-12,23H,2-3,7,10,28H2,1H3,(H,30,32);2*1H/t11-;;/m0../s1. The zero-order valence-electron chi connectivity index (χ0n) is 19.4. The number of carbonyl (C=O) groups is 1. The molecule has 0 aliphatic heterocycles. The van der Waals surface area contributed by atoms with E-state index in [1.807, 2.05) is 0 Å². The highest BCUT2D eigenvalue weighted by Gasteiger charge is 2.26. The van der Waals surface area contributed by atoms with E-state index in [1.165, 1.54) is 30.6 Å². The molecule has 0 saturated heterocycles. The van der Waals surface area contributed by atoms with Gasteiger partial charge in [-0.25, -0.2) is 4.98 Å². The van der Waals surface area contributed by atoms with Crippen LogP contribution in [-0.2, 0) is 6.54 Å². The average Bonchev–Trinajstić information content (AvgIpc) is 3.52. The molecule has 14 heteroatoms. The van der Waals surface area contributed by atoms with Crippen molar-refractivity contribution < 1.29 is 27.5 Å². The molecule has 1 aromatic carbocycles. The van der Waals surface area contributed by atoms with Crippen molar-refractivity contribution in [2.75, 3.05) is 6.61 Å². The molecule has 1 aliphatic carbocycles. The summed E-state index contributed by atoms with van der Waals surface area (Å²) < 4.78 is 41.7. The van der Waals surface area contributed by atoms with Crippen molar-refractivity contribution in [3.05, 3.63) is 57.7 Å². The number of halogens is 6. The van der Waals surface area contributed by atoms with Gasteiger partial charge in [0.25, 0.3) is 5.91 Å². The zero-order chi connectivity index (χ0) is 25.1. The molecule has 1 fully saturated rings. The van der Waals surface area contributed by atoms with Gasteiger partial charge in [0.2, 0.25) is 5.89 Å². The lowest BCUT2D eigenvalue weighted by Crippen LogP contribution is -2.25. The van der Waals surface area contributed by atoms with Crippen LogP contribution in [0.15, 0.2) is 35.0 Å². The van der Waals surface area contributed by atoms with Crippen LogP contribution in [0.4, 0.5) is 8.78 Å². The van der Waals surface area contributed by atoms with Gasteiger partial charge in [-0.05, 0) is 43.9 Å². The van der Waals surface area contributed by atoms with Gasteiger partial charge in [-0.15, -0.1) is 24.8 Å². The minimum atomic E-state index is -3.01. The maximum Gasteiger partial charge on any atom is 0.387 e. The van der Waals surface area contributed by atoms with Gasteiger partial charge in [0.1, 0.15) is 0 Å². The molecule has 4 rings (SSSR count). The van der Waals surface area contributed by atoms with Crippen molar-refractivity contribution in [1.82, 2.24) is 15.3 Å². The fourth-order valence-corrected chi connectivity index (χ4v) is 3.72. The van der Waals surface area contributed by atoms with Gasteiger partial charge in [-0.1, -0.05) is 23.2 Å². The monoisotopic (exact) mass is 598 g/mol. The summed E-state index contributed by atoms with van der Waals surface area (Å²) in [5.74, 6) is 0.0806. The molecule has 1 aliphatic rings. The van der Waals surface area contributed by atoms with E-state index < -0.39 is 18.6 Å². The Labute approximate surface area is 234 Å². The number of benzene rings is 1. The topological polar surface area (TPSA) is 113 Å². The highest BCUT2D eigenvalue weighted by molar-refractivity contribution is 6.35. The third kappa shape index (κ3) is 7.81. The van der Waals surface area contributed by atoms with E-state index in [0.29, 0.717) is 33.7 Å². The Morgan fingerprint density at radius 1 is 1.22 bits per heavy atom. The van der Waals surface area contributed by atoms with Crippen molar-refractivity contribution in [1.29, 1.82) is 0 Å². The maximum absolute atomic E-state index is 12.9. The summed E-state index contributed by atoms with van der Waals surface area (Å²) in [7, 11) is 0. The van der Waals surface area contributed by atoms with E-state index >= 15 is 0 Å². The lowest BCUT2D eigenvalue weighted by Gasteiger charge is -2.12. The maximum atomic E-state index is 12.9. The number of hydrogen-bond acceptors (Lipinski definition) is 7. The van der Waals surface area contributed by atoms with Crippen molar-refractivity contribution in [3.63, 3.8) is 0 Å². The van der Waals surface area contributed by atoms with Crippen LogP contribution in [0.5, 0.6) is 11.5 Å². The highest BCUT2D eigenvalue weighted by Crippen LogP contribution is 2.37. The highest BCUT2D eigenvalue weighted by atomic mass is 35.5. The third-order valence-corrected chi connectivity index (χ3v) is 5.89. The number of nitrogens with two attached hydrogens (primary N) is 1. The second kappa shape index (κ2) is 13.4. The molecular formula is C23H24Cl4F2N4O4. The summed E-state index contributed by atoms with van der Waals surface area (Å²) in [6, 6.07) is 3.65. The Bertz CT molecular complexity index is 1210. The van der Waals surface area contributed by atoms with E-state index in [4.69, 9.17) is 38.1 Å². The first-order chi connectivity index (χ1) is 16.7. The van der Waals surface area contributed by atoms with E-state index in [9.17, 15) is 13.6 Å². The van der Waals surface area contributed by atoms with Crippen LogP contribution in [-0.4, -0.2) is 29.1 Å². The minimum absolute atomic E-state index is 0. The summed E-state index contributed by atoms with van der Waals surface area (Å²) in [6.07, 6.45) is 4.88. The van der Waals surface area contributed by atoms with Gasteiger partial charge in [0.05, 0.1) is 22.7 Å². The number of rotatable bonds is 10. The van der Waals surface area contributed by atoms with E-state index in [0.717, 1.165) is 12.8 Å². The number of ether oxygens (including phenoxy) is 2. The molecule has 3 aromatic rings. The van der Waals surface area contributed by atoms with E-state index in [1.54, 1.807) is 6.92 Å². The number of nitrogens with zero attached hydrogens (tertiary/aromatic N) is 2. The van der Waals surface area contributed by atoms with Crippen molar-refractivity contribution in [3.8, 4) is 23.0 Å². The van der Waals surface area contributed by atoms with Gasteiger partial charge in [0, 0.05) is 30.1 Å². The number of aromatic nitrogens is 2. The summed E-state index contributed by atoms with van der Waals surface area (Å²) in [5, 5.41) is 3.30. The largest absolute Gasteiger partial charge is 0.489 e. The van der Waals surface area contributed by atoms with Crippen LogP contribution in [0, 0.1) is 5.92 Å². The first kappa shape index (κ1) is 30.9. The number of pyridine rings is 1. The van der Waals surface area contributed by atoms with Crippen LogP contribution in [0.25, 0.3) is 11.5 Å². The van der Waals surface area contributed by atoms with Gasteiger partial charge in [-0.3, -0.25) is 9.78 Å². The molecule has 1 atom stereocenters. The summed E-state index contributed by atoms with van der Waals surface area (Å²) in [6.45, 7) is -0.957. The molecule has 202 valence electrons. The molecule has 1 saturated carbocycles. The first-order valence-corrected chi connectivity index (χ1v) is 11.5. The van der Waals surface area contributed by atoms with Crippen LogP contribution >= 0.6 is 48.0 Å². The van der Waals surface area contributed by atoms with Crippen molar-refractivity contribution >= 4 is 53.9 Å². The summed E-state index contributed by atoms with van der Waals surface area (Å²) in [4.78, 5) is 21.1. The molecule has 0 unspecified atom stereocenters. The lowest BCUT2D eigenvalue weighted by molar-refractivity contribution is -0.0515. The first-order valence-electron chi connectivity index (χ1n) is 10.8. The Morgan fingerprint density at radius 2 is 1.89 bits per heavy atom. The van der Waals surface area contributed by atoms with Gasteiger partial charge in [0.15, 0.2) is 23.0 Å². The molecule has 2 heterocycles. The summed E-state index contributed by atoms with van der Waals surface area (Å²) in [5.41, 5.74) is 6.88. The number of alkyl halides is 2. The second-order valence-corrected chi connectivity index (χ2v) is 8.89. The molecule has 0 radical (unpaired) electrons. The predicted molar refractivity (Wildman–Crippen MR) is 139 cm³/mol. The number of carbonyl (C=O) groups excluding carboxylic acids is 1. The fraction of sp³-hybridized carbons (Fsp3) is 0.348. The van der Waals surface area contributed by atoms with Crippen LogP contribution in [0.3, 0.4) is 0 Å². The van der Waals surface area contributed by atoms with Crippen molar-refractivity contribution in [2.45, 2.75) is 39.0 Å². The van der Waals surface area contributed by atoms with Crippen LogP contribution in [0.2, 0.25) is 10.0 Å². The molecule has 0 spiro atoms. The molecular weight excluding hydrogens is 576 g/mol. The van der Waals surface area contributed by atoms with Crippen LogP contribution < -0.4 is 20.5 Å². The van der Waals surface area contributed by atoms with E-state index in [-0.39, 0.29) is 60.2 Å². The molecule has 2 aromatic heterocycles. The smallest absolute Gasteiger partial charge is 0.387 e. The van der Waals surface area contributed by atoms with Crippen LogP contribution in [0.1, 0.15) is 47.6 Å². The predicted octanol–water partition coefficient (Wildman–Crippen LogP) is 6.23. The Hall–Kier alpha value is -2.37. The lowest BCUT2D eigenvalue weighted by atomic mass is 10.2. The Balaban J connectivity index is 0.00000241. The minimum Gasteiger partial charge on any atom is -0.489 e. The quantitative estimate of drug-likeness (QED) is 0.284. The van der Waals surface area contributed by atoms with Gasteiger partial charge < -0.3 is 24.9 Å². The normalized spacial score (nSPS) is 13.4. The van der Waals surface area contributed by atoms with Gasteiger partial charge in [-0.2, -0.15) is 8.78 Å². The van der Waals surface area contributed by atoms with Crippen molar-refractivity contribution in [2.24, 2.45) is 11.7 Å². The molecule has 0 bridgehead atoms. The fourth-order valence-electron chi connectivity index (χ4n) is 3.23. The molecule has 1 amide bonds. The molecule has 8 nitrogen and oxygen atoms in total. The molecule has 37 heavy (non-hydrogen) atoms. The Kier molecular flexibility index (Phi) is 11.2. The second-order valence-electron chi connectivity index (χ2n) is 8.08. The summed E-state index contributed by atoms with van der Waals surface area (Å²) >= 11 is 12.2. The molecule has 3 N–H and O–H groups in total. The SMILES string of the molecule is C[C@H](N)c1oc(-c2ccc(OC(F)F)c(OCC3CC3)c2)nc1C(=O)NCc1c(Cl)cncc1Cl.Cl.Cl. The third-order valence-electron chi connectivity index (χ3n) is 5.24. The number of hydrogen-bond donors (Lipinski definition) is 2. The number of nitrogens with one attached hydrogen (secondary N) is 1. The van der Waals surface area contributed by atoms with Gasteiger partial charge >= 0.3 is 6.61 Å². The Morgan fingerprint density at radius 3 is 2.49 bits per heavy atom.